The van der Waals surface area contributed by atoms with Gasteiger partial charge in [0.05, 0.1) is 19.3 Å². The first-order valence-corrected chi connectivity index (χ1v) is 8.56. The van der Waals surface area contributed by atoms with Gasteiger partial charge in [-0.15, -0.1) is 0 Å². The van der Waals surface area contributed by atoms with Crippen molar-refractivity contribution < 1.29 is 14.6 Å². The Morgan fingerprint density at radius 3 is 2.52 bits per heavy atom. The SMILES string of the molecule is O=C(NCC(c1ccccc1)N1CCOCC1)C1(O)CCCC1. The molecule has 3 rings (SSSR count). The molecule has 5 heteroatoms. The Balaban J connectivity index is 1.67. The van der Waals surface area contributed by atoms with Crippen LogP contribution in [0.5, 0.6) is 0 Å². The van der Waals surface area contributed by atoms with E-state index in [-0.39, 0.29) is 11.9 Å². The Morgan fingerprint density at radius 2 is 1.87 bits per heavy atom. The van der Waals surface area contributed by atoms with Gasteiger partial charge in [0.1, 0.15) is 5.60 Å². The van der Waals surface area contributed by atoms with Gasteiger partial charge in [0.2, 0.25) is 0 Å². The summed E-state index contributed by atoms with van der Waals surface area (Å²) in [5.74, 6) is -0.218. The lowest BCUT2D eigenvalue weighted by molar-refractivity contribution is -0.139. The maximum Gasteiger partial charge on any atom is 0.252 e. The maximum absolute atomic E-state index is 12.4. The summed E-state index contributed by atoms with van der Waals surface area (Å²) in [4.78, 5) is 14.7. The fourth-order valence-corrected chi connectivity index (χ4v) is 3.56. The van der Waals surface area contributed by atoms with E-state index in [0.29, 0.717) is 19.4 Å². The molecule has 1 saturated heterocycles. The minimum Gasteiger partial charge on any atom is -0.380 e. The molecule has 126 valence electrons. The van der Waals surface area contributed by atoms with Crippen LogP contribution in [0.3, 0.4) is 0 Å². The lowest BCUT2D eigenvalue weighted by Gasteiger charge is -2.35. The van der Waals surface area contributed by atoms with E-state index >= 15 is 0 Å². The highest BCUT2D eigenvalue weighted by Gasteiger charge is 2.39. The highest BCUT2D eigenvalue weighted by atomic mass is 16.5. The van der Waals surface area contributed by atoms with Crippen LogP contribution in [0, 0.1) is 0 Å². The first-order valence-electron chi connectivity index (χ1n) is 8.56. The molecule has 0 radical (unpaired) electrons. The van der Waals surface area contributed by atoms with Crippen molar-refractivity contribution in [3.63, 3.8) is 0 Å². The molecule has 1 unspecified atom stereocenters. The van der Waals surface area contributed by atoms with Crippen LogP contribution in [0.2, 0.25) is 0 Å². The average molecular weight is 318 g/mol. The minimum atomic E-state index is -1.16. The fraction of sp³-hybridized carbons (Fsp3) is 0.611. The third kappa shape index (κ3) is 3.91. The number of carbonyl (C=O) groups excluding carboxylic acids is 1. The Kier molecular flexibility index (Phi) is 5.30. The van der Waals surface area contributed by atoms with Crippen LogP contribution in [-0.2, 0) is 9.53 Å². The number of amides is 1. The molecular weight excluding hydrogens is 292 g/mol. The Morgan fingerprint density at radius 1 is 1.22 bits per heavy atom. The molecular formula is C18H26N2O3. The average Bonchev–Trinajstić information content (AvgIpc) is 3.05. The molecule has 2 N–H and O–H groups in total. The number of nitrogens with one attached hydrogen (secondary N) is 1. The summed E-state index contributed by atoms with van der Waals surface area (Å²) in [6.07, 6.45) is 3.00. The molecule has 5 nitrogen and oxygen atoms in total. The summed E-state index contributed by atoms with van der Waals surface area (Å²) in [5.41, 5.74) is 0.0276. The van der Waals surface area contributed by atoms with Gasteiger partial charge in [-0.25, -0.2) is 0 Å². The summed E-state index contributed by atoms with van der Waals surface area (Å²) in [6.45, 7) is 3.69. The second kappa shape index (κ2) is 7.43. The number of morpholine rings is 1. The highest BCUT2D eigenvalue weighted by Crippen LogP contribution is 2.30. The zero-order valence-corrected chi connectivity index (χ0v) is 13.5. The molecule has 1 aromatic carbocycles. The number of hydrogen-bond donors (Lipinski definition) is 2. The largest absolute Gasteiger partial charge is 0.380 e. The topological polar surface area (TPSA) is 61.8 Å². The summed E-state index contributed by atoms with van der Waals surface area (Å²) >= 11 is 0. The van der Waals surface area contributed by atoms with Crippen molar-refractivity contribution in [1.29, 1.82) is 0 Å². The molecule has 1 aliphatic heterocycles. The first-order chi connectivity index (χ1) is 11.2. The molecule has 0 bridgehead atoms. The predicted molar refractivity (Wildman–Crippen MR) is 88.0 cm³/mol. The second-order valence-corrected chi connectivity index (χ2v) is 6.52. The number of carbonyl (C=O) groups is 1. The molecule has 2 fully saturated rings. The number of rotatable bonds is 5. The van der Waals surface area contributed by atoms with Crippen molar-refractivity contribution in [2.24, 2.45) is 0 Å². The van der Waals surface area contributed by atoms with Gasteiger partial charge in [0, 0.05) is 19.6 Å². The van der Waals surface area contributed by atoms with Crippen molar-refractivity contribution in [2.45, 2.75) is 37.3 Å². The van der Waals surface area contributed by atoms with Crippen LogP contribution < -0.4 is 5.32 Å². The number of aliphatic hydroxyl groups is 1. The number of benzene rings is 1. The van der Waals surface area contributed by atoms with E-state index in [1.807, 2.05) is 18.2 Å². The van der Waals surface area contributed by atoms with Gasteiger partial charge in [0.15, 0.2) is 0 Å². The van der Waals surface area contributed by atoms with E-state index in [1.54, 1.807) is 0 Å². The van der Waals surface area contributed by atoms with E-state index < -0.39 is 5.60 Å². The lowest BCUT2D eigenvalue weighted by Crippen LogP contribution is -2.49. The van der Waals surface area contributed by atoms with E-state index in [4.69, 9.17) is 4.74 Å². The van der Waals surface area contributed by atoms with Crippen molar-refractivity contribution in [2.75, 3.05) is 32.8 Å². The third-order valence-electron chi connectivity index (χ3n) is 4.98. The summed E-state index contributed by atoms with van der Waals surface area (Å²) in [6, 6.07) is 10.4. The monoisotopic (exact) mass is 318 g/mol. The zero-order valence-electron chi connectivity index (χ0n) is 13.5. The van der Waals surface area contributed by atoms with Crippen LogP contribution in [0.1, 0.15) is 37.3 Å². The summed E-state index contributed by atoms with van der Waals surface area (Å²) in [7, 11) is 0. The van der Waals surface area contributed by atoms with Crippen molar-refractivity contribution in [1.82, 2.24) is 10.2 Å². The molecule has 1 heterocycles. The van der Waals surface area contributed by atoms with Gasteiger partial charge in [-0.3, -0.25) is 9.69 Å². The number of ether oxygens (including phenoxy) is 1. The molecule has 1 aliphatic carbocycles. The van der Waals surface area contributed by atoms with E-state index in [9.17, 15) is 9.90 Å². The first kappa shape index (κ1) is 16.4. The normalized spacial score (nSPS) is 22.7. The van der Waals surface area contributed by atoms with Gasteiger partial charge in [0.25, 0.3) is 5.91 Å². The molecule has 23 heavy (non-hydrogen) atoms. The van der Waals surface area contributed by atoms with Crippen molar-refractivity contribution >= 4 is 5.91 Å². The lowest BCUT2D eigenvalue weighted by atomic mass is 10.0. The van der Waals surface area contributed by atoms with Gasteiger partial charge in [-0.05, 0) is 31.2 Å². The predicted octanol–water partition coefficient (Wildman–Crippen LogP) is 1.48. The van der Waals surface area contributed by atoms with Crippen LogP contribution in [0.15, 0.2) is 30.3 Å². The summed E-state index contributed by atoms with van der Waals surface area (Å²) in [5, 5.41) is 13.4. The molecule has 1 saturated carbocycles. The molecule has 1 aromatic rings. The molecule has 0 aromatic heterocycles. The van der Waals surface area contributed by atoms with E-state index in [0.717, 1.165) is 39.1 Å². The molecule has 2 aliphatic rings. The van der Waals surface area contributed by atoms with Crippen molar-refractivity contribution in [3.05, 3.63) is 35.9 Å². The van der Waals surface area contributed by atoms with Crippen LogP contribution >= 0.6 is 0 Å². The van der Waals surface area contributed by atoms with Crippen LogP contribution in [-0.4, -0.2) is 54.4 Å². The van der Waals surface area contributed by atoms with E-state index in [2.05, 4.69) is 22.3 Å². The van der Waals surface area contributed by atoms with Crippen LogP contribution in [0.25, 0.3) is 0 Å². The van der Waals surface area contributed by atoms with Gasteiger partial charge in [-0.1, -0.05) is 30.3 Å². The quantitative estimate of drug-likeness (QED) is 0.863. The van der Waals surface area contributed by atoms with Gasteiger partial charge >= 0.3 is 0 Å². The minimum absolute atomic E-state index is 0.119. The molecule has 1 atom stereocenters. The third-order valence-corrected chi connectivity index (χ3v) is 4.98. The second-order valence-electron chi connectivity index (χ2n) is 6.52. The Bertz CT molecular complexity index is 508. The summed E-state index contributed by atoms with van der Waals surface area (Å²) < 4.78 is 5.44. The maximum atomic E-state index is 12.4. The molecule has 0 spiro atoms. The number of nitrogens with zero attached hydrogens (tertiary/aromatic N) is 1. The van der Waals surface area contributed by atoms with E-state index in [1.165, 1.54) is 5.56 Å². The fourth-order valence-electron chi connectivity index (χ4n) is 3.56. The smallest absolute Gasteiger partial charge is 0.252 e. The zero-order chi connectivity index (χ0) is 16.1. The van der Waals surface area contributed by atoms with Gasteiger partial charge in [-0.2, -0.15) is 0 Å². The molecule has 1 amide bonds. The van der Waals surface area contributed by atoms with Crippen LogP contribution in [0.4, 0.5) is 0 Å². The number of hydrogen-bond acceptors (Lipinski definition) is 4. The highest BCUT2D eigenvalue weighted by molar-refractivity contribution is 5.85. The Hall–Kier alpha value is -1.43. The van der Waals surface area contributed by atoms with Gasteiger partial charge < -0.3 is 15.2 Å². The van der Waals surface area contributed by atoms with Crippen molar-refractivity contribution in [3.8, 4) is 0 Å². The Labute approximate surface area is 137 Å². The standard InChI is InChI=1S/C18H26N2O3/c21-17(18(22)8-4-5-9-18)19-14-16(15-6-2-1-3-7-15)20-10-12-23-13-11-20/h1-3,6-7,16,22H,4-5,8-14H2,(H,19,21).